The van der Waals surface area contributed by atoms with Crippen LogP contribution in [0.3, 0.4) is 0 Å². The molecule has 0 aromatic carbocycles. The molecule has 1 saturated heterocycles. The summed E-state index contributed by atoms with van der Waals surface area (Å²) in [5.74, 6) is 0.845. The van der Waals surface area contributed by atoms with Gasteiger partial charge in [-0.2, -0.15) is 0 Å². The third kappa shape index (κ3) is 3.52. The summed E-state index contributed by atoms with van der Waals surface area (Å²) in [4.78, 5) is 2.61. The molecule has 0 bridgehead atoms. The van der Waals surface area contributed by atoms with E-state index in [9.17, 15) is 4.21 Å². The van der Waals surface area contributed by atoms with Gasteiger partial charge in [0.1, 0.15) is 0 Å². The number of nitrogens with zero attached hydrogens (tertiary/aromatic N) is 1. The van der Waals surface area contributed by atoms with Crippen LogP contribution in [0.4, 0.5) is 0 Å². The van der Waals surface area contributed by atoms with Crippen molar-refractivity contribution in [2.24, 2.45) is 0 Å². The quantitative estimate of drug-likeness (QED) is 0.826. The lowest BCUT2D eigenvalue weighted by atomic mass is 9.93. The largest absolute Gasteiger partial charge is 0.309 e. The van der Waals surface area contributed by atoms with Crippen LogP contribution in [0.25, 0.3) is 0 Å². The zero-order valence-corrected chi connectivity index (χ0v) is 12.0. The van der Waals surface area contributed by atoms with Gasteiger partial charge >= 0.3 is 0 Å². The highest BCUT2D eigenvalue weighted by atomic mass is 32.2. The summed E-state index contributed by atoms with van der Waals surface area (Å²) in [5, 5.41) is 3.74. The van der Waals surface area contributed by atoms with Crippen LogP contribution in [0.5, 0.6) is 0 Å². The number of hydrogen-bond donors (Lipinski definition) is 1. The van der Waals surface area contributed by atoms with E-state index in [2.05, 4.69) is 17.1 Å². The van der Waals surface area contributed by atoms with Crippen molar-refractivity contribution in [2.75, 3.05) is 31.6 Å². The Morgan fingerprint density at radius 3 is 2.76 bits per heavy atom. The fourth-order valence-electron chi connectivity index (χ4n) is 3.27. The molecule has 2 fully saturated rings. The molecule has 0 amide bonds. The number of nitrogens with one attached hydrogen (secondary N) is 1. The van der Waals surface area contributed by atoms with E-state index < -0.39 is 10.8 Å². The molecule has 2 unspecified atom stereocenters. The Bertz CT molecular complexity index is 277. The van der Waals surface area contributed by atoms with E-state index in [0.717, 1.165) is 25.3 Å². The molecule has 1 heterocycles. The Morgan fingerprint density at radius 1 is 1.41 bits per heavy atom. The normalized spacial score (nSPS) is 28.4. The number of rotatable bonds is 4. The second-order valence-corrected chi connectivity index (χ2v) is 7.35. The highest BCUT2D eigenvalue weighted by molar-refractivity contribution is 7.84. The van der Waals surface area contributed by atoms with Crippen molar-refractivity contribution < 1.29 is 4.21 Å². The molecule has 4 heteroatoms. The fourth-order valence-corrected chi connectivity index (χ4v) is 3.94. The Hall–Kier alpha value is 0.0700. The average Bonchev–Trinajstić information content (AvgIpc) is 2.74. The number of hydrogen-bond acceptors (Lipinski definition) is 3. The molecular formula is C13H26N2OS. The van der Waals surface area contributed by atoms with Gasteiger partial charge in [0, 0.05) is 54.0 Å². The van der Waals surface area contributed by atoms with E-state index >= 15 is 0 Å². The molecule has 1 spiro atoms. The van der Waals surface area contributed by atoms with Crippen molar-refractivity contribution in [3.63, 3.8) is 0 Å². The van der Waals surface area contributed by atoms with E-state index in [1.165, 1.54) is 32.2 Å². The summed E-state index contributed by atoms with van der Waals surface area (Å²) in [5.41, 5.74) is 0.415. The van der Waals surface area contributed by atoms with Crippen LogP contribution < -0.4 is 5.32 Å². The van der Waals surface area contributed by atoms with Crippen molar-refractivity contribution in [2.45, 2.75) is 50.6 Å². The molecule has 2 aliphatic rings. The van der Waals surface area contributed by atoms with E-state index in [1.807, 2.05) is 6.26 Å². The standard InChI is InChI=1S/C13H26N2OS/c1-12(5-10-17(2)16)15-9-8-14-13(11-15)6-3-4-7-13/h12,14H,3-11H2,1-2H3. The van der Waals surface area contributed by atoms with Crippen LogP contribution in [0.2, 0.25) is 0 Å². The predicted molar refractivity (Wildman–Crippen MR) is 73.8 cm³/mol. The topological polar surface area (TPSA) is 32.3 Å². The molecule has 3 nitrogen and oxygen atoms in total. The molecule has 1 saturated carbocycles. The van der Waals surface area contributed by atoms with Crippen molar-refractivity contribution in [1.29, 1.82) is 0 Å². The van der Waals surface area contributed by atoms with Gasteiger partial charge < -0.3 is 5.32 Å². The molecule has 0 radical (unpaired) electrons. The molecule has 1 aliphatic heterocycles. The Morgan fingerprint density at radius 2 is 2.12 bits per heavy atom. The van der Waals surface area contributed by atoms with Crippen LogP contribution >= 0.6 is 0 Å². The maximum absolute atomic E-state index is 11.2. The Labute approximate surface area is 108 Å². The third-order valence-electron chi connectivity index (χ3n) is 4.41. The van der Waals surface area contributed by atoms with Gasteiger partial charge in [-0.05, 0) is 26.2 Å². The van der Waals surface area contributed by atoms with Crippen LogP contribution in [0.1, 0.15) is 39.0 Å². The van der Waals surface area contributed by atoms with E-state index in [-0.39, 0.29) is 0 Å². The van der Waals surface area contributed by atoms with Crippen LogP contribution in [0, 0.1) is 0 Å². The second-order valence-electron chi connectivity index (χ2n) is 5.80. The summed E-state index contributed by atoms with van der Waals surface area (Å²) in [6.07, 6.45) is 8.33. The third-order valence-corrected chi connectivity index (χ3v) is 5.22. The first-order valence-corrected chi connectivity index (χ1v) is 8.63. The maximum atomic E-state index is 11.2. The number of piperazine rings is 1. The molecule has 100 valence electrons. The van der Waals surface area contributed by atoms with Crippen LogP contribution in [0.15, 0.2) is 0 Å². The molecule has 2 atom stereocenters. The molecule has 1 aliphatic carbocycles. The summed E-state index contributed by atoms with van der Waals surface area (Å²) < 4.78 is 11.2. The smallest absolute Gasteiger partial charge is 0.0309 e. The highest BCUT2D eigenvalue weighted by Crippen LogP contribution is 2.32. The lowest BCUT2D eigenvalue weighted by Gasteiger charge is -2.44. The van der Waals surface area contributed by atoms with E-state index in [4.69, 9.17) is 0 Å². The molecule has 0 aromatic heterocycles. The maximum Gasteiger partial charge on any atom is 0.0309 e. The lowest BCUT2D eigenvalue weighted by molar-refractivity contribution is 0.0992. The minimum Gasteiger partial charge on any atom is -0.309 e. The van der Waals surface area contributed by atoms with Gasteiger partial charge in [0.15, 0.2) is 0 Å². The monoisotopic (exact) mass is 258 g/mol. The van der Waals surface area contributed by atoms with Crippen molar-refractivity contribution in [3.05, 3.63) is 0 Å². The van der Waals surface area contributed by atoms with Gasteiger partial charge in [-0.25, -0.2) is 0 Å². The van der Waals surface area contributed by atoms with Gasteiger partial charge in [-0.1, -0.05) is 12.8 Å². The van der Waals surface area contributed by atoms with Gasteiger partial charge in [0.25, 0.3) is 0 Å². The zero-order valence-electron chi connectivity index (χ0n) is 11.2. The summed E-state index contributed by atoms with van der Waals surface area (Å²) in [7, 11) is -0.643. The first-order valence-electron chi connectivity index (χ1n) is 6.90. The summed E-state index contributed by atoms with van der Waals surface area (Å²) in [6, 6.07) is 0.582. The van der Waals surface area contributed by atoms with Gasteiger partial charge in [-0.15, -0.1) is 0 Å². The van der Waals surface area contributed by atoms with E-state index in [1.54, 1.807) is 0 Å². The minimum absolute atomic E-state index is 0.415. The summed E-state index contributed by atoms with van der Waals surface area (Å²) >= 11 is 0. The van der Waals surface area contributed by atoms with Crippen molar-refractivity contribution in [3.8, 4) is 0 Å². The molecule has 0 aromatic rings. The van der Waals surface area contributed by atoms with Gasteiger partial charge in [0.2, 0.25) is 0 Å². The first-order chi connectivity index (χ1) is 8.11. The second kappa shape index (κ2) is 5.81. The van der Waals surface area contributed by atoms with Gasteiger partial charge in [0.05, 0.1) is 0 Å². The summed E-state index contributed by atoms with van der Waals surface area (Å²) in [6.45, 7) is 5.77. The molecule has 2 rings (SSSR count). The van der Waals surface area contributed by atoms with E-state index in [0.29, 0.717) is 11.6 Å². The zero-order chi connectivity index (χ0) is 12.3. The molecular weight excluding hydrogens is 232 g/mol. The Balaban J connectivity index is 1.85. The fraction of sp³-hybridized carbons (Fsp3) is 1.00. The molecule has 17 heavy (non-hydrogen) atoms. The Kier molecular flexibility index (Phi) is 4.61. The minimum atomic E-state index is -0.643. The van der Waals surface area contributed by atoms with Crippen molar-refractivity contribution in [1.82, 2.24) is 10.2 Å². The van der Waals surface area contributed by atoms with Gasteiger partial charge in [-0.3, -0.25) is 9.11 Å². The van der Waals surface area contributed by atoms with Crippen LogP contribution in [-0.2, 0) is 10.8 Å². The predicted octanol–water partition coefficient (Wildman–Crippen LogP) is 1.36. The molecule has 1 N–H and O–H groups in total. The van der Waals surface area contributed by atoms with Crippen LogP contribution in [-0.4, -0.2) is 52.3 Å². The first kappa shape index (κ1) is 13.5. The average molecular weight is 258 g/mol. The SMILES string of the molecule is CC(CCS(C)=O)N1CCNC2(CCCC2)C1. The lowest BCUT2D eigenvalue weighted by Crippen LogP contribution is -2.60. The highest BCUT2D eigenvalue weighted by Gasteiger charge is 2.38. The van der Waals surface area contributed by atoms with Crippen molar-refractivity contribution >= 4 is 10.8 Å².